The second kappa shape index (κ2) is 10.9. The summed E-state index contributed by atoms with van der Waals surface area (Å²) in [5, 5.41) is 0. The molecule has 1 aromatic heterocycles. The van der Waals surface area contributed by atoms with Crippen molar-refractivity contribution in [1.82, 2.24) is 15.0 Å². The molecular weight excluding hydrogens is 534 g/mol. The first-order chi connectivity index (χ1) is 21.8. The van der Waals surface area contributed by atoms with E-state index in [9.17, 15) is 0 Å². The first-order valence-corrected chi connectivity index (χ1v) is 15.0. The van der Waals surface area contributed by atoms with Gasteiger partial charge in [0.2, 0.25) is 0 Å². The topological polar surface area (TPSA) is 38.7 Å². The van der Waals surface area contributed by atoms with E-state index in [4.69, 9.17) is 15.0 Å². The summed E-state index contributed by atoms with van der Waals surface area (Å²) in [6.45, 7) is 0. The molecule has 0 saturated carbocycles. The molecule has 1 aliphatic carbocycles. The van der Waals surface area contributed by atoms with Crippen LogP contribution in [0.2, 0.25) is 0 Å². The molecule has 0 unspecified atom stereocenters. The summed E-state index contributed by atoms with van der Waals surface area (Å²) < 4.78 is 0. The highest BCUT2D eigenvalue weighted by Gasteiger charge is 2.46. The average Bonchev–Trinajstić information content (AvgIpc) is 3.42. The van der Waals surface area contributed by atoms with Crippen molar-refractivity contribution < 1.29 is 0 Å². The van der Waals surface area contributed by atoms with E-state index in [1.165, 1.54) is 38.9 Å². The van der Waals surface area contributed by atoms with Crippen LogP contribution < -0.4 is 0 Å². The summed E-state index contributed by atoms with van der Waals surface area (Å²) in [5.41, 5.74) is 10.3. The van der Waals surface area contributed by atoms with E-state index >= 15 is 0 Å². The summed E-state index contributed by atoms with van der Waals surface area (Å²) in [6, 6.07) is 57.7. The molecule has 0 radical (unpaired) electrons. The standard InChI is InChI=1S/C41H29N3/c1-5-16-29(17-6-1)39-42-37(43-40(44-39)30-18-7-2-8-19-30)28-31-20-15-27-36-38(31)34-25-13-14-26-35(34)41(36,32-21-9-3-10-22-32)33-23-11-4-12-24-33/h1-27H,28H2. The Morgan fingerprint density at radius 2 is 0.886 bits per heavy atom. The van der Waals surface area contributed by atoms with Gasteiger partial charge < -0.3 is 0 Å². The Balaban J connectivity index is 1.35. The van der Waals surface area contributed by atoms with E-state index in [1.54, 1.807) is 0 Å². The van der Waals surface area contributed by atoms with Gasteiger partial charge in [-0.1, -0.05) is 164 Å². The van der Waals surface area contributed by atoms with Crippen molar-refractivity contribution in [2.75, 3.05) is 0 Å². The lowest BCUT2D eigenvalue weighted by Gasteiger charge is -2.33. The predicted molar refractivity (Wildman–Crippen MR) is 177 cm³/mol. The van der Waals surface area contributed by atoms with Crippen LogP contribution >= 0.6 is 0 Å². The van der Waals surface area contributed by atoms with Gasteiger partial charge in [0.1, 0.15) is 5.82 Å². The molecule has 1 aliphatic rings. The van der Waals surface area contributed by atoms with Gasteiger partial charge in [0.15, 0.2) is 11.6 Å². The molecule has 0 bridgehead atoms. The van der Waals surface area contributed by atoms with E-state index < -0.39 is 5.41 Å². The maximum absolute atomic E-state index is 5.04. The van der Waals surface area contributed by atoms with Gasteiger partial charge in [-0.25, -0.2) is 15.0 Å². The van der Waals surface area contributed by atoms with Crippen LogP contribution in [0.15, 0.2) is 164 Å². The van der Waals surface area contributed by atoms with Crippen LogP contribution in [0.25, 0.3) is 33.9 Å². The maximum atomic E-state index is 5.04. The monoisotopic (exact) mass is 563 g/mol. The van der Waals surface area contributed by atoms with Crippen molar-refractivity contribution >= 4 is 0 Å². The van der Waals surface area contributed by atoms with Crippen molar-refractivity contribution in [3.05, 3.63) is 197 Å². The molecule has 0 aliphatic heterocycles. The minimum absolute atomic E-state index is 0.437. The average molecular weight is 564 g/mol. The minimum Gasteiger partial charge on any atom is -0.213 e. The number of aromatic nitrogens is 3. The van der Waals surface area contributed by atoms with E-state index in [1.807, 2.05) is 36.4 Å². The van der Waals surface area contributed by atoms with Gasteiger partial charge in [0.05, 0.1) is 5.41 Å². The Kier molecular flexibility index (Phi) is 6.42. The number of fused-ring (bicyclic) bond motifs is 3. The third-order valence-electron chi connectivity index (χ3n) is 8.66. The predicted octanol–water partition coefficient (Wildman–Crippen LogP) is 9.16. The second-order valence-electron chi connectivity index (χ2n) is 11.2. The Bertz CT molecular complexity index is 1980. The first kappa shape index (κ1) is 26.0. The molecule has 7 aromatic rings. The fraction of sp³-hybridized carbons (Fsp3) is 0.0488. The minimum atomic E-state index is -0.437. The Hall–Kier alpha value is -5.67. The summed E-state index contributed by atoms with van der Waals surface area (Å²) in [7, 11) is 0. The summed E-state index contributed by atoms with van der Waals surface area (Å²) in [6.07, 6.45) is 0.583. The normalized spacial score (nSPS) is 12.8. The fourth-order valence-electron chi connectivity index (χ4n) is 6.82. The molecule has 0 saturated heterocycles. The van der Waals surface area contributed by atoms with Crippen LogP contribution in [0.5, 0.6) is 0 Å². The summed E-state index contributed by atoms with van der Waals surface area (Å²) in [5.74, 6) is 2.12. The van der Waals surface area contributed by atoms with Crippen LogP contribution in [0, 0.1) is 0 Å². The maximum Gasteiger partial charge on any atom is 0.163 e. The van der Waals surface area contributed by atoms with Crippen LogP contribution in [-0.4, -0.2) is 15.0 Å². The second-order valence-corrected chi connectivity index (χ2v) is 11.2. The SMILES string of the molecule is c1ccc(-c2nc(Cc3cccc4c3-c3ccccc3C4(c3ccccc3)c3ccccc3)nc(-c3ccccc3)n2)cc1. The molecular formula is C41H29N3. The molecule has 1 heterocycles. The number of rotatable bonds is 6. The van der Waals surface area contributed by atoms with Crippen LogP contribution in [0.1, 0.15) is 33.6 Å². The quantitative estimate of drug-likeness (QED) is 0.202. The van der Waals surface area contributed by atoms with Crippen LogP contribution in [-0.2, 0) is 11.8 Å². The van der Waals surface area contributed by atoms with Gasteiger partial charge in [-0.3, -0.25) is 0 Å². The zero-order chi connectivity index (χ0) is 29.3. The van der Waals surface area contributed by atoms with E-state index in [0.29, 0.717) is 18.1 Å². The van der Waals surface area contributed by atoms with E-state index in [2.05, 4.69) is 127 Å². The van der Waals surface area contributed by atoms with E-state index in [0.717, 1.165) is 17.0 Å². The summed E-state index contributed by atoms with van der Waals surface area (Å²) >= 11 is 0. The number of hydrogen-bond acceptors (Lipinski definition) is 3. The van der Waals surface area contributed by atoms with Crippen molar-refractivity contribution in [3.63, 3.8) is 0 Å². The molecule has 0 N–H and O–H groups in total. The molecule has 0 atom stereocenters. The Morgan fingerprint density at radius 3 is 1.45 bits per heavy atom. The highest BCUT2D eigenvalue weighted by Crippen LogP contribution is 2.57. The van der Waals surface area contributed by atoms with Crippen molar-refractivity contribution in [3.8, 4) is 33.9 Å². The molecule has 8 rings (SSSR count). The largest absolute Gasteiger partial charge is 0.213 e. The fourth-order valence-corrected chi connectivity index (χ4v) is 6.82. The third kappa shape index (κ3) is 4.25. The van der Waals surface area contributed by atoms with Crippen LogP contribution in [0.3, 0.4) is 0 Å². The number of nitrogens with zero attached hydrogens (tertiary/aromatic N) is 3. The Labute approximate surface area is 257 Å². The molecule has 3 heteroatoms. The van der Waals surface area contributed by atoms with Gasteiger partial charge >= 0.3 is 0 Å². The van der Waals surface area contributed by atoms with Gasteiger partial charge in [-0.2, -0.15) is 0 Å². The highest BCUT2D eigenvalue weighted by molar-refractivity contribution is 5.88. The van der Waals surface area contributed by atoms with Gasteiger partial charge in [-0.15, -0.1) is 0 Å². The highest BCUT2D eigenvalue weighted by atomic mass is 15.0. The van der Waals surface area contributed by atoms with Crippen molar-refractivity contribution in [2.24, 2.45) is 0 Å². The van der Waals surface area contributed by atoms with Gasteiger partial charge in [0, 0.05) is 17.5 Å². The molecule has 0 amide bonds. The van der Waals surface area contributed by atoms with Crippen molar-refractivity contribution in [1.29, 1.82) is 0 Å². The zero-order valence-corrected chi connectivity index (χ0v) is 24.1. The molecule has 0 spiro atoms. The lowest BCUT2D eigenvalue weighted by molar-refractivity contribution is 0.767. The first-order valence-electron chi connectivity index (χ1n) is 15.0. The Morgan fingerprint density at radius 1 is 0.409 bits per heavy atom. The van der Waals surface area contributed by atoms with Crippen LogP contribution in [0.4, 0.5) is 0 Å². The molecule has 44 heavy (non-hydrogen) atoms. The number of benzene rings is 6. The number of hydrogen-bond donors (Lipinski definition) is 0. The van der Waals surface area contributed by atoms with Gasteiger partial charge in [-0.05, 0) is 38.9 Å². The lowest BCUT2D eigenvalue weighted by Crippen LogP contribution is -2.28. The zero-order valence-electron chi connectivity index (χ0n) is 24.1. The molecule has 3 nitrogen and oxygen atoms in total. The smallest absolute Gasteiger partial charge is 0.163 e. The van der Waals surface area contributed by atoms with Gasteiger partial charge in [0.25, 0.3) is 0 Å². The van der Waals surface area contributed by atoms with E-state index in [-0.39, 0.29) is 0 Å². The van der Waals surface area contributed by atoms with Crippen molar-refractivity contribution in [2.45, 2.75) is 11.8 Å². The lowest BCUT2D eigenvalue weighted by atomic mass is 9.67. The summed E-state index contributed by atoms with van der Waals surface area (Å²) in [4.78, 5) is 15.0. The molecule has 0 fully saturated rings. The third-order valence-corrected chi connectivity index (χ3v) is 8.66. The molecule has 208 valence electrons. The molecule has 6 aromatic carbocycles.